The van der Waals surface area contributed by atoms with Crippen molar-refractivity contribution >= 4 is 0 Å². The third-order valence-corrected chi connectivity index (χ3v) is 4.05. The predicted octanol–water partition coefficient (Wildman–Crippen LogP) is 0.996. The molecule has 0 saturated heterocycles. The van der Waals surface area contributed by atoms with Crippen molar-refractivity contribution in [1.82, 2.24) is 34.9 Å². The van der Waals surface area contributed by atoms with Gasteiger partial charge in [-0.1, -0.05) is 0 Å². The van der Waals surface area contributed by atoms with E-state index in [0.29, 0.717) is 6.04 Å². The molecule has 20 heavy (non-hydrogen) atoms. The molecular weight excluding hydrogens is 254 g/mol. The summed E-state index contributed by atoms with van der Waals surface area (Å²) in [7, 11) is 1.85. The summed E-state index contributed by atoms with van der Waals surface area (Å²) in [5.74, 6) is 0.735. The Labute approximate surface area is 118 Å². The van der Waals surface area contributed by atoms with Crippen molar-refractivity contribution in [2.45, 2.75) is 46.3 Å². The van der Waals surface area contributed by atoms with Crippen molar-refractivity contribution in [2.75, 3.05) is 6.54 Å². The minimum absolute atomic E-state index is 0.552. The molecule has 0 radical (unpaired) electrons. The minimum Gasteiger partial charge on any atom is -0.295 e. The molecule has 0 spiro atoms. The maximum absolute atomic E-state index is 4.73. The molecule has 2 aromatic rings. The van der Waals surface area contributed by atoms with E-state index < -0.39 is 0 Å². The van der Waals surface area contributed by atoms with Crippen molar-refractivity contribution in [1.29, 1.82) is 0 Å². The molecule has 1 aliphatic heterocycles. The molecule has 7 nitrogen and oxygen atoms in total. The number of fused-ring (bicyclic) bond motifs is 1. The Morgan fingerprint density at radius 2 is 2.00 bits per heavy atom. The lowest BCUT2D eigenvalue weighted by Gasteiger charge is -2.24. The number of nitrogens with zero attached hydrogens (tertiary/aromatic N) is 7. The molecule has 0 unspecified atom stereocenters. The molecule has 0 N–H and O–H groups in total. The van der Waals surface area contributed by atoms with Gasteiger partial charge in [-0.05, 0) is 37.6 Å². The van der Waals surface area contributed by atoms with E-state index in [9.17, 15) is 0 Å². The summed E-state index contributed by atoms with van der Waals surface area (Å²) >= 11 is 0. The molecule has 0 aliphatic carbocycles. The van der Waals surface area contributed by atoms with Crippen LogP contribution in [0, 0.1) is 6.92 Å². The van der Waals surface area contributed by atoms with Crippen LogP contribution in [0.15, 0.2) is 0 Å². The molecule has 3 rings (SSSR count). The van der Waals surface area contributed by atoms with Gasteiger partial charge < -0.3 is 0 Å². The summed E-state index contributed by atoms with van der Waals surface area (Å²) in [4.78, 5) is 2.49. The Kier molecular flexibility index (Phi) is 3.29. The van der Waals surface area contributed by atoms with E-state index in [0.717, 1.165) is 37.6 Å². The highest BCUT2D eigenvalue weighted by Crippen LogP contribution is 2.25. The zero-order chi connectivity index (χ0) is 14.3. The van der Waals surface area contributed by atoms with Gasteiger partial charge in [0.25, 0.3) is 0 Å². The molecule has 3 heterocycles. The molecule has 7 heteroatoms. The fraction of sp³-hybridized carbons (Fsp3) is 0.692. The highest BCUT2D eigenvalue weighted by atomic mass is 15.5. The number of tetrazole rings is 1. The van der Waals surface area contributed by atoms with Gasteiger partial charge in [0.2, 0.25) is 5.82 Å². The van der Waals surface area contributed by atoms with Gasteiger partial charge in [-0.3, -0.25) is 9.58 Å². The summed E-state index contributed by atoms with van der Waals surface area (Å²) in [5.41, 5.74) is 3.38. The SMILES string of the molecule is Cc1c(-c2nnnn2C)nn2c1CN(C(C)C)CCC2. The quantitative estimate of drug-likeness (QED) is 0.818. The number of hydrogen-bond acceptors (Lipinski definition) is 5. The normalized spacial score (nSPS) is 16.4. The summed E-state index contributed by atoms with van der Waals surface area (Å²) in [6.45, 7) is 9.64. The third-order valence-electron chi connectivity index (χ3n) is 4.05. The van der Waals surface area contributed by atoms with Crippen molar-refractivity contribution in [3.8, 4) is 11.5 Å². The molecule has 0 amide bonds. The largest absolute Gasteiger partial charge is 0.295 e. The van der Waals surface area contributed by atoms with E-state index >= 15 is 0 Å². The fourth-order valence-corrected chi connectivity index (χ4v) is 2.75. The number of rotatable bonds is 2. The highest BCUT2D eigenvalue weighted by Gasteiger charge is 2.24. The minimum atomic E-state index is 0.552. The summed E-state index contributed by atoms with van der Waals surface area (Å²) < 4.78 is 3.80. The third kappa shape index (κ3) is 2.11. The molecule has 0 atom stereocenters. The number of aryl methyl sites for hydroxylation is 2. The van der Waals surface area contributed by atoms with Crippen molar-refractivity contribution in [2.24, 2.45) is 7.05 Å². The second kappa shape index (κ2) is 4.97. The Hall–Kier alpha value is -1.76. The maximum atomic E-state index is 4.73. The predicted molar refractivity (Wildman–Crippen MR) is 74.9 cm³/mol. The first-order valence-electron chi connectivity index (χ1n) is 7.11. The zero-order valence-corrected chi connectivity index (χ0v) is 12.5. The van der Waals surface area contributed by atoms with Crippen LogP contribution in [0.25, 0.3) is 11.5 Å². The molecule has 0 fully saturated rings. The van der Waals surface area contributed by atoms with Gasteiger partial charge in [-0.25, -0.2) is 4.68 Å². The van der Waals surface area contributed by atoms with Crippen LogP contribution >= 0.6 is 0 Å². The second-order valence-electron chi connectivity index (χ2n) is 5.69. The Balaban J connectivity index is 2.02. The highest BCUT2D eigenvalue weighted by molar-refractivity contribution is 5.55. The van der Waals surface area contributed by atoms with Crippen molar-refractivity contribution in [3.05, 3.63) is 11.3 Å². The molecule has 0 aromatic carbocycles. The van der Waals surface area contributed by atoms with Gasteiger partial charge in [0.05, 0.1) is 5.69 Å². The number of hydrogen-bond donors (Lipinski definition) is 0. The van der Waals surface area contributed by atoms with E-state index in [4.69, 9.17) is 5.10 Å². The molecule has 0 bridgehead atoms. The van der Waals surface area contributed by atoms with Gasteiger partial charge in [-0.15, -0.1) is 5.10 Å². The lowest BCUT2D eigenvalue weighted by molar-refractivity contribution is 0.216. The van der Waals surface area contributed by atoms with E-state index in [1.807, 2.05) is 7.05 Å². The van der Waals surface area contributed by atoms with Gasteiger partial charge >= 0.3 is 0 Å². The Morgan fingerprint density at radius 1 is 1.20 bits per heavy atom. The lowest BCUT2D eigenvalue weighted by Crippen LogP contribution is -2.30. The zero-order valence-electron chi connectivity index (χ0n) is 12.5. The van der Waals surface area contributed by atoms with E-state index in [1.165, 1.54) is 11.3 Å². The first-order valence-corrected chi connectivity index (χ1v) is 7.11. The molecule has 0 saturated carbocycles. The Morgan fingerprint density at radius 3 is 2.65 bits per heavy atom. The topological polar surface area (TPSA) is 64.7 Å². The maximum Gasteiger partial charge on any atom is 0.202 e. The monoisotopic (exact) mass is 275 g/mol. The van der Waals surface area contributed by atoms with Crippen LogP contribution in [0.2, 0.25) is 0 Å². The van der Waals surface area contributed by atoms with E-state index in [1.54, 1.807) is 4.68 Å². The van der Waals surface area contributed by atoms with Gasteiger partial charge in [0.1, 0.15) is 5.69 Å². The molecule has 2 aromatic heterocycles. The molecule has 1 aliphatic rings. The van der Waals surface area contributed by atoms with E-state index in [2.05, 4.69) is 45.9 Å². The van der Waals surface area contributed by atoms with E-state index in [-0.39, 0.29) is 0 Å². The van der Waals surface area contributed by atoms with Crippen LogP contribution in [-0.4, -0.2) is 47.5 Å². The van der Waals surface area contributed by atoms with Gasteiger partial charge in [0.15, 0.2) is 0 Å². The summed E-state index contributed by atoms with van der Waals surface area (Å²) in [6.07, 6.45) is 1.13. The average Bonchev–Trinajstić information content (AvgIpc) is 2.86. The first-order chi connectivity index (χ1) is 9.58. The van der Waals surface area contributed by atoms with Gasteiger partial charge in [-0.2, -0.15) is 5.10 Å². The van der Waals surface area contributed by atoms with Crippen LogP contribution in [-0.2, 0) is 20.1 Å². The van der Waals surface area contributed by atoms with Crippen LogP contribution < -0.4 is 0 Å². The van der Waals surface area contributed by atoms with Crippen molar-refractivity contribution < 1.29 is 0 Å². The molecule has 108 valence electrons. The molecular formula is C13H21N7. The van der Waals surface area contributed by atoms with Crippen LogP contribution in [0.3, 0.4) is 0 Å². The summed E-state index contributed by atoms with van der Waals surface area (Å²) in [6, 6.07) is 0.552. The van der Waals surface area contributed by atoms with Gasteiger partial charge in [0, 0.05) is 38.3 Å². The van der Waals surface area contributed by atoms with Crippen LogP contribution in [0.1, 0.15) is 31.5 Å². The first kappa shape index (κ1) is 13.2. The van der Waals surface area contributed by atoms with Crippen LogP contribution in [0.5, 0.6) is 0 Å². The summed E-state index contributed by atoms with van der Waals surface area (Å²) in [5, 5.41) is 16.4. The fourth-order valence-electron chi connectivity index (χ4n) is 2.75. The smallest absolute Gasteiger partial charge is 0.202 e. The lowest BCUT2D eigenvalue weighted by atomic mass is 10.1. The van der Waals surface area contributed by atoms with Crippen LogP contribution in [0.4, 0.5) is 0 Å². The van der Waals surface area contributed by atoms with Crippen molar-refractivity contribution in [3.63, 3.8) is 0 Å². The average molecular weight is 275 g/mol. The standard InChI is InChI=1S/C13H21N7/c1-9(2)19-6-5-7-20-11(8-19)10(3)12(15-20)13-14-16-17-18(13)4/h9H,5-8H2,1-4H3. The number of aromatic nitrogens is 6. The second-order valence-corrected chi connectivity index (χ2v) is 5.69. The Bertz CT molecular complexity index is 610.